The maximum Gasteiger partial charge on any atom is 0.243 e. The molecule has 10 nitrogen and oxygen atoms in total. The molecule has 4 amide bonds. The van der Waals surface area contributed by atoms with Crippen molar-refractivity contribution in [3.05, 3.63) is 25.3 Å². The zero-order valence-electron chi connectivity index (χ0n) is 20.3. The fourth-order valence-corrected chi connectivity index (χ4v) is 2.77. The minimum absolute atomic E-state index is 0.00909. The first kappa shape index (κ1) is 31.3. The van der Waals surface area contributed by atoms with Crippen LogP contribution in [0.25, 0.3) is 0 Å². The molecule has 194 valence electrons. The summed E-state index contributed by atoms with van der Waals surface area (Å²) in [5.74, 6) is -0.376. The monoisotopic (exact) mass is 482 g/mol. The molecule has 0 saturated carbocycles. The molecule has 0 radical (unpaired) electrons. The normalized spacial score (nSPS) is 10.2. The number of hydrogen-bond acceptors (Lipinski definition) is 6. The van der Waals surface area contributed by atoms with E-state index in [9.17, 15) is 19.2 Å². The molecule has 0 heterocycles. The van der Waals surface area contributed by atoms with Crippen LogP contribution in [-0.4, -0.2) is 76.2 Å². The van der Waals surface area contributed by atoms with Crippen LogP contribution >= 0.6 is 0 Å². The van der Waals surface area contributed by atoms with E-state index in [1.165, 1.54) is 12.2 Å². The van der Waals surface area contributed by atoms with Crippen molar-refractivity contribution in [3.8, 4) is 0 Å². The summed E-state index contributed by atoms with van der Waals surface area (Å²) in [7, 11) is 0. The van der Waals surface area contributed by atoms with E-state index in [-0.39, 0.29) is 23.6 Å². The molecular formula is C24H42N4O6. The Morgan fingerprint density at radius 3 is 1.32 bits per heavy atom. The summed E-state index contributed by atoms with van der Waals surface area (Å²) in [4.78, 5) is 45.4. The van der Waals surface area contributed by atoms with E-state index in [1.807, 2.05) is 0 Å². The van der Waals surface area contributed by atoms with Gasteiger partial charge < -0.3 is 30.7 Å². The van der Waals surface area contributed by atoms with Gasteiger partial charge >= 0.3 is 0 Å². The number of nitrogens with one attached hydrogen (secondary N) is 4. The van der Waals surface area contributed by atoms with E-state index in [0.29, 0.717) is 65.4 Å². The highest BCUT2D eigenvalue weighted by Crippen LogP contribution is 1.99. The standard InChI is InChI=1S/C24H42N4O6/c1-3-21(29)25-13-9-5-7-11-23(31)27-15-17-33-19-20-34-18-16-28-24(32)12-8-6-10-14-26-22(30)4-2/h3-4H,1-2,5-20H2,(H,25,29)(H,26,30)(H,27,31)(H,28,32). The molecule has 34 heavy (non-hydrogen) atoms. The van der Waals surface area contributed by atoms with Gasteiger partial charge in [-0.25, -0.2) is 0 Å². The average molecular weight is 483 g/mol. The number of hydrogen-bond donors (Lipinski definition) is 4. The number of carbonyl (C=O) groups is 4. The van der Waals surface area contributed by atoms with Gasteiger partial charge in [-0.2, -0.15) is 0 Å². The molecule has 0 aliphatic rings. The van der Waals surface area contributed by atoms with Crippen LogP contribution in [0.3, 0.4) is 0 Å². The lowest BCUT2D eigenvalue weighted by atomic mass is 10.2. The Bertz CT molecular complexity index is 560. The molecule has 0 spiro atoms. The van der Waals surface area contributed by atoms with Crippen LogP contribution in [0.1, 0.15) is 51.4 Å². The third-order valence-electron chi connectivity index (χ3n) is 4.64. The Morgan fingerprint density at radius 2 is 0.941 bits per heavy atom. The Kier molecular flexibility index (Phi) is 21.6. The predicted molar refractivity (Wildman–Crippen MR) is 131 cm³/mol. The van der Waals surface area contributed by atoms with Gasteiger partial charge in [-0.3, -0.25) is 19.2 Å². The molecule has 0 bridgehead atoms. The first-order chi connectivity index (χ1) is 16.5. The number of rotatable bonds is 23. The van der Waals surface area contributed by atoms with Crippen LogP contribution in [0.4, 0.5) is 0 Å². The van der Waals surface area contributed by atoms with Crippen molar-refractivity contribution in [2.45, 2.75) is 51.4 Å². The van der Waals surface area contributed by atoms with E-state index in [0.717, 1.165) is 38.5 Å². The van der Waals surface area contributed by atoms with Crippen LogP contribution in [0.15, 0.2) is 25.3 Å². The third kappa shape index (κ3) is 22.5. The smallest absolute Gasteiger partial charge is 0.243 e. The maximum absolute atomic E-state index is 11.7. The molecule has 0 aromatic rings. The molecule has 10 heteroatoms. The molecule has 0 aliphatic heterocycles. The molecule has 0 atom stereocenters. The average Bonchev–Trinajstić information content (AvgIpc) is 2.83. The van der Waals surface area contributed by atoms with Crippen molar-refractivity contribution in [1.82, 2.24) is 21.3 Å². The minimum atomic E-state index is -0.179. The second-order valence-electron chi connectivity index (χ2n) is 7.54. The Balaban J connectivity index is 3.32. The molecule has 0 saturated heterocycles. The Morgan fingerprint density at radius 1 is 0.529 bits per heavy atom. The van der Waals surface area contributed by atoms with Gasteiger partial charge in [-0.15, -0.1) is 0 Å². The highest BCUT2D eigenvalue weighted by molar-refractivity contribution is 5.87. The zero-order valence-corrected chi connectivity index (χ0v) is 20.3. The zero-order chi connectivity index (χ0) is 25.3. The van der Waals surface area contributed by atoms with Crippen LogP contribution in [0, 0.1) is 0 Å². The number of amides is 4. The van der Waals surface area contributed by atoms with Crippen molar-refractivity contribution in [2.24, 2.45) is 0 Å². The lowest BCUT2D eigenvalue weighted by molar-refractivity contribution is -0.122. The second-order valence-corrected chi connectivity index (χ2v) is 7.54. The molecular weight excluding hydrogens is 440 g/mol. The fourth-order valence-electron chi connectivity index (χ4n) is 2.77. The molecule has 0 aliphatic carbocycles. The van der Waals surface area contributed by atoms with Gasteiger partial charge in [-0.1, -0.05) is 26.0 Å². The van der Waals surface area contributed by atoms with Crippen molar-refractivity contribution in [1.29, 1.82) is 0 Å². The van der Waals surface area contributed by atoms with E-state index in [1.54, 1.807) is 0 Å². The largest absolute Gasteiger partial charge is 0.377 e. The van der Waals surface area contributed by atoms with Gasteiger partial charge in [0.05, 0.1) is 26.4 Å². The van der Waals surface area contributed by atoms with E-state index in [4.69, 9.17) is 9.47 Å². The summed E-state index contributed by atoms with van der Waals surface area (Å²) < 4.78 is 10.8. The topological polar surface area (TPSA) is 135 Å². The van der Waals surface area contributed by atoms with Gasteiger partial charge in [-0.05, 0) is 37.8 Å². The summed E-state index contributed by atoms with van der Waals surface area (Å²) in [6.45, 7) is 10.5. The van der Waals surface area contributed by atoms with Gasteiger partial charge in [0.25, 0.3) is 0 Å². The van der Waals surface area contributed by atoms with Crippen LogP contribution < -0.4 is 21.3 Å². The highest BCUT2D eigenvalue weighted by atomic mass is 16.5. The van der Waals surface area contributed by atoms with Gasteiger partial charge in [0.2, 0.25) is 23.6 Å². The minimum Gasteiger partial charge on any atom is -0.377 e. The van der Waals surface area contributed by atoms with E-state index >= 15 is 0 Å². The predicted octanol–water partition coefficient (Wildman–Crippen LogP) is 0.977. The second kappa shape index (κ2) is 23.4. The van der Waals surface area contributed by atoms with Crippen molar-refractivity contribution in [3.63, 3.8) is 0 Å². The molecule has 4 N–H and O–H groups in total. The highest BCUT2D eigenvalue weighted by Gasteiger charge is 2.02. The van der Waals surface area contributed by atoms with E-state index < -0.39 is 0 Å². The van der Waals surface area contributed by atoms with Crippen molar-refractivity contribution in [2.75, 3.05) is 52.6 Å². The maximum atomic E-state index is 11.7. The molecule has 0 aromatic heterocycles. The summed E-state index contributed by atoms with van der Waals surface area (Å²) in [5, 5.41) is 11.0. The van der Waals surface area contributed by atoms with Gasteiger partial charge in [0.15, 0.2) is 0 Å². The Labute approximate surface area is 203 Å². The quantitative estimate of drug-likeness (QED) is 0.127. The number of unbranched alkanes of at least 4 members (excludes halogenated alkanes) is 4. The SMILES string of the molecule is C=CC(=O)NCCCCCC(=O)NCCOCCOCCNC(=O)CCCCCNC(=O)C=C. The lowest BCUT2D eigenvalue weighted by Crippen LogP contribution is -2.28. The van der Waals surface area contributed by atoms with Crippen LogP contribution in [0.2, 0.25) is 0 Å². The van der Waals surface area contributed by atoms with Crippen molar-refractivity contribution < 1.29 is 28.7 Å². The first-order valence-electron chi connectivity index (χ1n) is 12.0. The number of ether oxygens (including phenoxy) is 2. The lowest BCUT2D eigenvalue weighted by Gasteiger charge is -2.08. The van der Waals surface area contributed by atoms with E-state index in [2.05, 4.69) is 34.4 Å². The summed E-state index contributed by atoms with van der Waals surface area (Å²) in [5.41, 5.74) is 0. The number of carbonyl (C=O) groups excluding carboxylic acids is 4. The first-order valence-corrected chi connectivity index (χ1v) is 12.0. The fraction of sp³-hybridized carbons (Fsp3) is 0.667. The summed E-state index contributed by atoms with van der Waals surface area (Å²) >= 11 is 0. The Hall–Kier alpha value is -2.72. The van der Waals surface area contributed by atoms with Crippen LogP contribution in [0.5, 0.6) is 0 Å². The van der Waals surface area contributed by atoms with Crippen molar-refractivity contribution >= 4 is 23.6 Å². The third-order valence-corrected chi connectivity index (χ3v) is 4.64. The summed E-state index contributed by atoms with van der Waals surface area (Å²) in [6, 6.07) is 0. The molecule has 0 rings (SSSR count). The molecule has 0 unspecified atom stereocenters. The molecule has 0 fully saturated rings. The van der Waals surface area contributed by atoms with Gasteiger partial charge in [0, 0.05) is 39.0 Å². The molecule has 0 aromatic carbocycles. The van der Waals surface area contributed by atoms with Crippen LogP contribution in [-0.2, 0) is 28.7 Å². The van der Waals surface area contributed by atoms with Gasteiger partial charge in [0.1, 0.15) is 0 Å². The summed E-state index contributed by atoms with van der Waals surface area (Å²) in [6.07, 6.45) is 8.35.